The molecule has 1 N–H and O–H groups in total. The second-order valence-corrected chi connectivity index (χ2v) is 4.39. The highest BCUT2D eigenvalue weighted by molar-refractivity contribution is 5.33. The Morgan fingerprint density at radius 1 is 1.24 bits per heavy atom. The third kappa shape index (κ3) is 2.67. The van der Waals surface area contributed by atoms with Crippen LogP contribution in [0.1, 0.15) is 31.0 Å². The predicted octanol–water partition coefficient (Wildman–Crippen LogP) is 2.82. The molecular weight excluding hydrogens is 212 g/mol. The number of benzene rings is 1. The van der Waals surface area contributed by atoms with Crippen LogP contribution in [-0.2, 0) is 6.42 Å². The minimum atomic E-state index is 0.0138. The first-order valence-electron chi connectivity index (χ1n) is 6.08. The smallest absolute Gasteiger partial charge is 0.271 e. The highest BCUT2D eigenvalue weighted by Gasteiger charge is 2.04. The van der Waals surface area contributed by atoms with Gasteiger partial charge in [-0.3, -0.25) is 9.89 Å². The highest BCUT2D eigenvalue weighted by atomic mass is 16.1. The summed E-state index contributed by atoms with van der Waals surface area (Å²) in [4.78, 5) is 11.8. The van der Waals surface area contributed by atoms with Crippen molar-refractivity contribution < 1.29 is 0 Å². The third-order valence-electron chi connectivity index (χ3n) is 2.87. The van der Waals surface area contributed by atoms with Crippen LogP contribution in [0.3, 0.4) is 0 Å². The molecule has 1 aromatic heterocycles. The maximum Gasteiger partial charge on any atom is 0.271 e. The summed E-state index contributed by atoms with van der Waals surface area (Å²) in [5.74, 6) is 0. The molecule has 0 amide bonds. The van der Waals surface area contributed by atoms with Gasteiger partial charge in [0.15, 0.2) is 0 Å². The molecule has 0 aliphatic rings. The second kappa shape index (κ2) is 5.04. The van der Waals surface area contributed by atoms with E-state index in [2.05, 4.69) is 12.0 Å². The lowest BCUT2D eigenvalue weighted by Crippen LogP contribution is -2.13. The molecule has 90 valence electrons. The molecule has 0 aliphatic heterocycles. The molecule has 0 fully saturated rings. The van der Waals surface area contributed by atoms with Crippen LogP contribution in [0.15, 0.2) is 35.1 Å². The molecule has 0 bridgehead atoms. The van der Waals surface area contributed by atoms with E-state index >= 15 is 0 Å². The SMILES string of the molecule is CCCCc1cc(=O)n(-c2ccc(C)cc2)[nH]1. The zero-order valence-electron chi connectivity index (χ0n) is 10.4. The fourth-order valence-corrected chi connectivity index (χ4v) is 1.83. The summed E-state index contributed by atoms with van der Waals surface area (Å²) in [5, 5.41) is 3.16. The summed E-state index contributed by atoms with van der Waals surface area (Å²) in [6, 6.07) is 9.62. The topological polar surface area (TPSA) is 37.8 Å². The van der Waals surface area contributed by atoms with Gasteiger partial charge in [-0.25, -0.2) is 4.68 Å². The van der Waals surface area contributed by atoms with Gasteiger partial charge in [-0.1, -0.05) is 31.0 Å². The van der Waals surface area contributed by atoms with Gasteiger partial charge in [0, 0.05) is 11.8 Å². The van der Waals surface area contributed by atoms with Crippen LogP contribution in [0.25, 0.3) is 5.69 Å². The number of aryl methyl sites for hydroxylation is 2. The Hall–Kier alpha value is -1.77. The van der Waals surface area contributed by atoms with E-state index in [1.807, 2.05) is 31.2 Å². The van der Waals surface area contributed by atoms with Gasteiger partial charge < -0.3 is 0 Å². The Kier molecular flexibility index (Phi) is 3.47. The maximum atomic E-state index is 11.8. The lowest BCUT2D eigenvalue weighted by molar-refractivity contribution is 0.748. The fourth-order valence-electron chi connectivity index (χ4n) is 1.83. The molecule has 0 unspecified atom stereocenters. The number of nitrogens with zero attached hydrogens (tertiary/aromatic N) is 1. The summed E-state index contributed by atoms with van der Waals surface area (Å²) in [5.41, 5.74) is 3.11. The average molecular weight is 230 g/mol. The maximum absolute atomic E-state index is 11.8. The van der Waals surface area contributed by atoms with E-state index < -0.39 is 0 Å². The van der Waals surface area contributed by atoms with Crippen LogP contribution in [0, 0.1) is 6.92 Å². The van der Waals surface area contributed by atoms with Crippen LogP contribution in [0.4, 0.5) is 0 Å². The Morgan fingerprint density at radius 3 is 2.59 bits per heavy atom. The number of hydrogen-bond acceptors (Lipinski definition) is 1. The van der Waals surface area contributed by atoms with E-state index in [9.17, 15) is 4.79 Å². The summed E-state index contributed by atoms with van der Waals surface area (Å²) in [6.45, 7) is 4.18. The van der Waals surface area contributed by atoms with Gasteiger partial charge in [-0.05, 0) is 31.9 Å². The van der Waals surface area contributed by atoms with E-state index in [-0.39, 0.29) is 5.56 Å². The summed E-state index contributed by atoms with van der Waals surface area (Å²) in [6.07, 6.45) is 3.18. The average Bonchev–Trinajstić information content (AvgIpc) is 2.69. The summed E-state index contributed by atoms with van der Waals surface area (Å²) >= 11 is 0. The summed E-state index contributed by atoms with van der Waals surface area (Å²) in [7, 11) is 0. The Balaban J connectivity index is 2.29. The first-order valence-corrected chi connectivity index (χ1v) is 6.08. The van der Waals surface area contributed by atoms with Crippen LogP contribution < -0.4 is 5.56 Å². The molecule has 3 heteroatoms. The summed E-state index contributed by atoms with van der Waals surface area (Å²) < 4.78 is 1.60. The van der Waals surface area contributed by atoms with Crippen LogP contribution in [0.5, 0.6) is 0 Å². The van der Waals surface area contributed by atoms with Gasteiger partial charge >= 0.3 is 0 Å². The van der Waals surface area contributed by atoms with E-state index in [1.165, 1.54) is 5.56 Å². The van der Waals surface area contributed by atoms with E-state index in [1.54, 1.807) is 10.7 Å². The van der Waals surface area contributed by atoms with E-state index in [0.29, 0.717) is 0 Å². The normalized spacial score (nSPS) is 10.7. The van der Waals surface area contributed by atoms with Crippen molar-refractivity contribution in [1.29, 1.82) is 0 Å². The molecule has 0 spiro atoms. The fraction of sp³-hybridized carbons (Fsp3) is 0.357. The molecule has 1 heterocycles. The molecule has 2 rings (SSSR count). The monoisotopic (exact) mass is 230 g/mol. The van der Waals surface area contributed by atoms with Gasteiger partial charge in [-0.2, -0.15) is 0 Å². The molecule has 17 heavy (non-hydrogen) atoms. The largest absolute Gasteiger partial charge is 0.295 e. The molecule has 0 saturated carbocycles. The number of aromatic nitrogens is 2. The van der Waals surface area contributed by atoms with Gasteiger partial charge in [0.05, 0.1) is 5.69 Å². The van der Waals surface area contributed by atoms with E-state index in [0.717, 1.165) is 30.6 Å². The number of unbranched alkanes of at least 4 members (excludes halogenated alkanes) is 1. The molecule has 3 nitrogen and oxygen atoms in total. The molecule has 0 atom stereocenters. The minimum Gasteiger partial charge on any atom is -0.295 e. The molecule has 1 aromatic carbocycles. The Bertz CT molecular complexity index is 534. The molecule has 0 saturated heterocycles. The highest BCUT2D eigenvalue weighted by Crippen LogP contribution is 2.07. The van der Waals surface area contributed by atoms with Gasteiger partial charge in [-0.15, -0.1) is 0 Å². The molecule has 0 radical (unpaired) electrons. The number of rotatable bonds is 4. The molecular formula is C14H18N2O. The van der Waals surface area contributed by atoms with E-state index in [4.69, 9.17) is 0 Å². The minimum absolute atomic E-state index is 0.0138. The Morgan fingerprint density at radius 2 is 1.94 bits per heavy atom. The zero-order valence-corrected chi connectivity index (χ0v) is 10.4. The van der Waals surface area contributed by atoms with Gasteiger partial charge in [0.1, 0.15) is 0 Å². The Labute approximate surface area is 101 Å². The van der Waals surface area contributed by atoms with Gasteiger partial charge in [0.2, 0.25) is 0 Å². The third-order valence-corrected chi connectivity index (χ3v) is 2.87. The van der Waals surface area contributed by atoms with Crippen molar-refractivity contribution in [3.05, 3.63) is 51.9 Å². The predicted molar refractivity (Wildman–Crippen MR) is 69.7 cm³/mol. The lowest BCUT2D eigenvalue weighted by Gasteiger charge is -2.02. The zero-order chi connectivity index (χ0) is 12.3. The molecule has 2 aromatic rings. The van der Waals surface area contributed by atoms with Crippen molar-refractivity contribution in [2.45, 2.75) is 33.1 Å². The standard InChI is InChI=1S/C14H18N2O/c1-3-4-5-12-10-14(17)16(15-12)13-8-6-11(2)7-9-13/h6-10,15H,3-5H2,1-2H3. The van der Waals surface area contributed by atoms with Crippen molar-refractivity contribution in [2.24, 2.45) is 0 Å². The quantitative estimate of drug-likeness (QED) is 0.861. The van der Waals surface area contributed by atoms with Crippen molar-refractivity contribution in [3.8, 4) is 5.69 Å². The first kappa shape index (κ1) is 11.7. The first-order chi connectivity index (χ1) is 8.20. The van der Waals surface area contributed by atoms with Crippen molar-refractivity contribution in [3.63, 3.8) is 0 Å². The van der Waals surface area contributed by atoms with Crippen molar-refractivity contribution in [2.75, 3.05) is 0 Å². The number of aromatic amines is 1. The van der Waals surface area contributed by atoms with Crippen LogP contribution in [-0.4, -0.2) is 9.78 Å². The van der Waals surface area contributed by atoms with Crippen LogP contribution >= 0.6 is 0 Å². The number of H-pyrrole nitrogens is 1. The van der Waals surface area contributed by atoms with Gasteiger partial charge in [0.25, 0.3) is 5.56 Å². The number of hydrogen-bond donors (Lipinski definition) is 1. The van der Waals surface area contributed by atoms with Crippen molar-refractivity contribution in [1.82, 2.24) is 9.78 Å². The van der Waals surface area contributed by atoms with Crippen molar-refractivity contribution >= 4 is 0 Å². The van der Waals surface area contributed by atoms with Crippen LogP contribution in [0.2, 0.25) is 0 Å². The second-order valence-electron chi connectivity index (χ2n) is 4.39. The number of nitrogens with one attached hydrogen (secondary N) is 1. The molecule has 0 aliphatic carbocycles. The lowest BCUT2D eigenvalue weighted by atomic mass is 10.2.